The van der Waals surface area contributed by atoms with Gasteiger partial charge in [-0.1, -0.05) is 24.4 Å². The Morgan fingerprint density at radius 3 is 2.52 bits per heavy atom. The maximum Gasteiger partial charge on any atom is 0.338 e. The molecule has 0 radical (unpaired) electrons. The molecule has 1 aliphatic carbocycles. The summed E-state index contributed by atoms with van der Waals surface area (Å²) in [5, 5.41) is 0.0875. The van der Waals surface area contributed by atoms with E-state index in [1.165, 1.54) is 6.07 Å². The second-order valence-corrected chi connectivity index (χ2v) is 8.69. The second kappa shape index (κ2) is 6.86. The predicted molar refractivity (Wildman–Crippen MR) is 84.4 cm³/mol. The molecule has 0 N–H and O–H groups in total. The summed E-state index contributed by atoms with van der Waals surface area (Å²) in [5.41, 5.74) is 0.0698. The number of carbonyl (C=O) groups is 1. The first kappa shape index (κ1) is 17.1. The van der Waals surface area contributed by atoms with Gasteiger partial charge in [0, 0.05) is 10.7 Å². The second-order valence-electron chi connectivity index (χ2n) is 4.96. The van der Waals surface area contributed by atoms with Gasteiger partial charge in [0.2, 0.25) is 0 Å². The minimum Gasteiger partial charge on any atom is -0.462 e. The Balaban J connectivity index is 2.19. The minimum atomic E-state index is -4.01. The first-order chi connectivity index (χ1) is 9.79. The van der Waals surface area contributed by atoms with E-state index in [1.54, 1.807) is 0 Å². The largest absolute Gasteiger partial charge is 0.462 e. The summed E-state index contributed by atoms with van der Waals surface area (Å²) in [6.07, 6.45) is 4.41. The smallest absolute Gasteiger partial charge is 0.338 e. The minimum absolute atomic E-state index is 0.0698. The van der Waals surface area contributed by atoms with Crippen molar-refractivity contribution < 1.29 is 17.9 Å². The van der Waals surface area contributed by atoms with Gasteiger partial charge < -0.3 is 4.74 Å². The van der Waals surface area contributed by atoms with Crippen LogP contribution in [0, 0.1) is 5.92 Å². The molecule has 1 saturated carbocycles. The summed E-state index contributed by atoms with van der Waals surface area (Å²) in [5.74, 6) is -0.214. The van der Waals surface area contributed by atoms with E-state index in [1.807, 2.05) is 0 Å². The van der Waals surface area contributed by atoms with Crippen LogP contribution in [0.4, 0.5) is 0 Å². The summed E-state index contributed by atoms with van der Waals surface area (Å²) in [4.78, 5) is 11.8. The van der Waals surface area contributed by atoms with Crippen LogP contribution in [0.3, 0.4) is 0 Å². The molecule has 1 aliphatic rings. The number of rotatable bonds is 4. The maximum atomic E-state index is 12.0. The monoisotopic (exact) mass is 414 g/mol. The van der Waals surface area contributed by atoms with E-state index in [-0.39, 0.29) is 20.0 Å². The first-order valence-electron chi connectivity index (χ1n) is 6.40. The van der Waals surface area contributed by atoms with Crippen molar-refractivity contribution in [3.63, 3.8) is 0 Å². The molecule has 1 aromatic rings. The van der Waals surface area contributed by atoms with Gasteiger partial charge in [0.25, 0.3) is 9.05 Å². The zero-order valence-electron chi connectivity index (χ0n) is 10.9. The van der Waals surface area contributed by atoms with Gasteiger partial charge in [0.05, 0.1) is 26.6 Å². The molecule has 0 aliphatic heterocycles. The van der Waals surface area contributed by atoms with E-state index < -0.39 is 15.0 Å². The van der Waals surface area contributed by atoms with Gasteiger partial charge in [-0.2, -0.15) is 0 Å². The van der Waals surface area contributed by atoms with Crippen molar-refractivity contribution in [2.75, 3.05) is 6.61 Å². The molecule has 2 rings (SSSR count). The molecule has 0 aromatic heterocycles. The van der Waals surface area contributed by atoms with Crippen molar-refractivity contribution in [2.24, 2.45) is 5.92 Å². The highest BCUT2D eigenvalue weighted by Crippen LogP contribution is 2.33. The number of halogens is 3. The van der Waals surface area contributed by atoms with Crippen LogP contribution in [0.15, 0.2) is 21.5 Å². The highest BCUT2D eigenvalue weighted by atomic mass is 79.9. The summed E-state index contributed by atoms with van der Waals surface area (Å²) >= 11 is 8.96. The molecular formula is C13H13BrCl2O4S. The Kier molecular flexibility index (Phi) is 5.57. The van der Waals surface area contributed by atoms with Crippen LogP contribution >= 0.6 is 38.2 Å². The van der Waals surface area contributed by atoms with Gasteiger partial charge >= 0.3 is 5.97 Å². The van der Waals surface area contributed by atoms with Gasteiger partial charge in [-0.15, -0.1) is 0 Å². The SMILES string of the molecule is O=C(OCC1CCCC1)c1cc(Cl)c(Br)c(S(=O)(=O)Cl)c1. The molecule has 8 heteroatoms. The van der Waals surface area contributed by atoms with Gasteiger partial charge in [0.15, 0.2) is 0 Å². The number of benzene rings is 1. The Labute approximate surface area is 141 Å². The molecule has 0 amide bonds. The molecule has 0 heterocycles. The Morgan fingerprint density at radius 2 is 1.95 bits per heavy atom. The summed E-state index contributed by atoms with van der Waals surface area (Å²) in [6, 6.07) is 2.52. The zero-order valence-corrected chi connectivity index (χ0v) is 14.9. The number of hydrogen-bond acceptors (Lipinski definition) is 4. The lowest BCUT2D eigenvalue weighted by Gasteiger charge is -2.11. The van der Waals surface area contributed by atoms with Gasteiger partial charge in [0.1, 0.15) is 0 Å². The molecule has 1 fully saturated rings. The highest BCUT2D eigenvalue weighted by molar-refractivity contribution is 9.10. The van der Waals surface area contributed by atoms with Crippen LogP contribution < -0.4 is 0 Å². The number of ether oxygens (including phenoxy) is 1. The molecular weight excluding hydrogens is 403 g/mol. The molecule has 0 saturated heterocycles. The first-order valence-corrected chi connectivity index (χ1v) is 9.88. The number of hydrogen-bond donors (Lipinski definition) is 0. The normalized spacial score (nSPS) is 16.1. The molecule has 0 spiro atoms. The van der Waals surface area contributed by atoms with E-state index in [4.69, 9.17) is 27.0 Å². The van der Waals surface area contributed by atoms with Crippen LogP contribution in [0.5, 0.6) is 0 Å². The predicted octanol–water partition coefficient (Wildman–Crippen LogP) is 4.38. The average Bonchev–Trinajstić information content (AvgIpc) is 2.90. The summed E-state index contributed by atoms with van der Waals surface area (Å²) in [7, 11) is 1.32. The fourth-order valence-corrected chi connectivity index (χ4v) is 4.69. The van der Waals surface area contributed by atoms with Crippen LogP contribution in [0.2, 0.25) is 5.02 Å². The average molecular weight is 416 g/mol. The molecule has 0 atom stereocenters. The molecule has 116 valence electrons. The lowest BCUT2D eigenvalue weighted by atomic mass is 10.1. The van der Waals surface area contributed by atoms with Crippen LogP contribution in [0.25, 0.3) is 0 Å². The van der Waals surface area contributed by atoms with Crippen molar-refractivity contribution in [3.8, 4) is 0 Å². The topological polar surface area (TPSA) is 60.4 Å². The van der Waals surface area contributed by atoms with Crippen LogP contribution in [-0.4, -0.2) is 21.0 Å². The highest BCUT2D eigenvalue weighted by Gasteiger charge is 2.22. The van der Waals surface area contributed by atoms with E-state index in [0.29, 0.717) is 12.5 Å². The van der Waals surface area contributed by atoms with E-state index in [2.05, 4.69) is 15.9 Å². The number of carbonyl (C=O) groups excluding carboxylic acids is 1. The van der Waals surface area contributed by atoms with E-state index >= 15 is 0 Å². The molecule has 21 heavy (non-hydrogen) atoms. The lowest BCUT2D eigenvalue weighted by molar-refractivity contribution is 0.0442. The number of esters is 1. The molecule has 4 nitrogen and oxygen atoms in total. The van der Waals surface area contributed by atoms with Crippen LogP contribution in [0.1, 0.15) is 36.0 Å². The van der Waals surface area contributed by atoms with Gasteiger partial charge in [-0.3, -0.25) is 0 Å². The molecule has 0 unspecified atom stereocenters. The third-order valence-electron chi connectivity index (χ3n) is 3.42. The molecule has 1 aromatic carbocycles. The van der Waals surface area contributed by atoms with Crippen molar-refractivity contribution in [1.82, 2.24) is 0 Å². The lowest BCUT2D eigenvalue weighted by Crippen LogP contribution is -2.12. The maximum absolute atomic E-state index is 12.0. The van der Waals surface area contributed by atoms with Crippen molar-refractivity contribution in [1.29, 1.82) is 0 Å². The van der Waals surface area contributed by atoms with Crippen molar-refractivity contribution >= 4 is 53.2 Å². The van der Waals surface area contributed by atoms with Crippen molar-refractivity contribution in [2.45, 2.75) is 30.6 Å². The standard InChI is InChI=1S/C13H13BrCl2O4S/c14-12-10(15)5-9(6-11(12)21(16,18)19)13(17)20-7-8-3-1-2-4-8/h5-6,8H,1-4,7H2. The quantitative estimate of drug-likeness (QED) is 0.540. The summed E-state index contributed by atoms with van der Waals surface area (Å²) < 4.78 is 28.3. The molecule has 0 bridgehead atoms. The van der Waals surface area contributed by atoms with E-state index in [0.717, 1.165) is 31.7 Å². The summed E-state index contributed by atoms with van der Waals surface area (Å²) in [6.45, 7) is 0.343. The fourth-order valence-electron chi connectivity index (χ4n) is 2.31. The third-order valence-corrected chi connectivity index (χ3v) is 6.41. The Bertz CT molecular complexity index is 654. The van der Waals surface area contributed by atoms with E-state index in [9.17, 15) is 13.2 Å². The zero-order chi connectivity index (χ0) is 15.6. The van der Waals surface area contributed by atoms with Crippen molar-refractivity contribution in [3.05, 3.63) is 27.2 Å². The third kappa shape index (κ3) is 4.34. The van der Waals surface area contributed by atoms with Gasteiger partial charge in [-0.05, 0) is 46.8 Å². The fraction of sp³-hybridized carbons (Fsp3) is 0.462. The van der Waals surface area contributed by atoms with Crippen LogP contribution in [-0.2, 0) is 13.8 Å². The van der Waals surface area contributed by atoms with Gasteiger partial charge in [-0.25, -0.2) is 13.2 Å². The Morgan fingerprint density at radius 1 is 1.33 bits per heavy atom. The Hall–Kier alpha value is -0.300.